The Hall–Kier alpha value is -3.62. The standard InChI is InChI=1S/C18H14FN3O5/c19-14-6-5-13(9-15(14)22(26)27)20-18(25)12-3-1-11(2-4-12)10-21-16(23)7-8-17(21)24/h1-6,9H,7-8,10H2,(H,20,25). The summed E-state index contributed by atoms with van der Waals surface area (Å²) in [6.45, 7) is 0.143. The van der Waals surface area contributed by atoms with E-state index in [0.29, 0.717) is 5.56 Å². The van der Waals surface area contributed by atoms with Gasteiger partial charge in [-0.15, -0.1) is 0 Å². The van der Waals surface area contributed by atoms with E-state index in [1.807, 2.05) is 0 Å². The Kier molecular flexibility index (Phi) is 4.93. The summed E-state index contributed by atoms with van der Waals surface area (Å²) in [4.78, 5) is 46.6. The number of carbonyl (C=O) groups excluding carboxylic acids is 3. The van der Waals surface area contributed by atoms with Crippen molar-refractivity contribution < 1.29 is 23.7 Å². The van der Waals surface area contributed by atoms with Gasteiger partial charge in [-0.05, 0) is 29.8 Å². The number of nitro benzene ring substituents is 1. The second kappa shape index (κ2) is 7.32. The third-order valence-corrected chi connectivity index (χ3v) is 4.11. The Balaban J connectivity index is 1.69. The van der Waals surface area contributed by atoms with Crippen molar-refractivity contribution in [1.82, 2.24) is 4.90 Å². The lowest BCUT2D eigenvalue weighted by molar-refractivity contribution is -0.387. The van der Waals surface area contributed by atoms with Gasteiger partial charge >= 0.3 is 5.69 Å². The van der Waals surface area contributed by atoms with Gasteiger partial charge in [0.1, 0.15) is 0 Å². The first kappa shape index (κ1) is 18.2. The van der Waals surface area contributed by atoms with Crippen molar-refractivity contribution >= 4 is 29.1 Å². The van der Waals surface area contributed by atoms with Crippen molar-refractivity contribution in [3.63, 3.8) is 0 Å². The van der Waals surface area contributed by atoms with Crippen molar-refractivity contribution in [2.24, 2.45) is 0 Å². The molecule has 1 aliphatic rings. The number of carbonyl (C=O) groups is 3. The quantitative estimate of drug-likeness (QED) is 0.494. The van der Waals surface area contributed by atoms with Crippen LogP contribution >= 0.6 is 0 Å². The second-order valence-electron chi connectivity index (χ2n) is 5.95. The summed E-state index contributed by atoms with van der Waals surface area (Å²) in [7, 11) is 0. The van der Waals surface area contributed by atoms with E-state index >= 15 is 0 Å². The van der Waals surface area contributed by atoms with Gasteiger partial charge in [-0.1, -0.05) is 12.1 Å². The molecule has 1 saturated heterocycles. The average molecular weight is 371 g/mol. The van der Waals surface area contributed by atoms with Crippen LogP contribution in [0.3, 0.4) is 0 Å². The molecule has 0 atom stereocenters. The summed E-state index contributed by atoms with van der Waals surface area (Å²) >= 11 is 0. The predicted molar refractivity (Wildman–Crippen MR) is 92.2 cm³/mol. The number of likely N-dealkylation sites (tertiary alicyclic amines) is 1. The van der Waals surface area contributed by atoms with Crippen molar-refractivity contribution in [3.8, 4) is 0 Å². The van der Waals surface area contributed by atoms with Crippen molar-refractivity contribution in [3.05, 3.63) is 69.5 Å². The smallest absolute Gasteiger partial charge is 0.306 e. The molecule has 8 nitrogen and oxygen atoms in total. The summed E-state index contributed by atoms with van der Waals surface area (Å²) in [6.07, 6.45) is 0.423. The van der Waals surface area contributed by atoms with Crippen LogP contribution in [0.25, 0.3) is 0 Å². The fourth-order valence-corrected chi connectivity index (χ4v) is 2.68. The summed E-state index contributed by atoms with van der Waals surface area (Å²) in [6, 6.07) is 9.30. The van der Waals surface area contributed by atoms with Crippen LogP contribution in [-0.2, 0) is 16.1 Å². The van der Waals surface area contributed by atoms with Crippen molar-refractivity contribution in [2.45, 2.75) is 19.4 Å². The lowest BCUT2D eigenvalue weighted by Gasteiger charge is -2.14. The predicted octanol–water partition coefficient (Wildman–Crippen LogP) is 2.64. The van der Waals surface area contributed by atoms with Crippen LogP contribution in [0.5, 0.6) is 0 Å². The molecule has 0 spiro atoms. The number of hydrogen-bond acceptors (Lipinski definition) is 5. The Morgan fingerprint density at radius 3 is 2.33 bits per heavy atom. The third kappa shape index (κ3) is 3.97. The molecule has 0 aromatic heterocycles. The molecule has 0 radical (unpaired) electrons. The van der Waals surface area contributed by atoms with Gasteiger partial charge in [-0.3, -0.25) is 29.4 Å². The number of rotatable bonds is 5. The molecule has 2 aromatic carbocycles. The number of anilines is 1. The van der Waals surface area contributed by atoms with E-state index in [1.54, 1.807) is 12.1 Å². The van der Waals surface area contributed by atoms with Gasteiger partial charge < -0.3 is 5.32 Å². The van der Waals surface area contributed by atoms with Crippen LogP contribution in [0.4, 0.5) is 15.8 Å². The van der Waals surface area contributed by atoms with Gasteiger partial charge in [-0.25, -0.2) is 0 Å². The summed E-state index contributed by atoms with van der Waals surface area (Å²) in [5.74, 6) is -1.97. The number of nitrogens with zero attached hydrogens (tertiary/aromatic N) is 2. The zero-order valence-corrected chi connectivity index (χ0v) is 14.0. The molecule has 0 unspecified atom stereocenters. The minimum absolute atomic E-state index is 0.0884. The summed E-state index contributed by atoms with van der Waals surface area (Å²) in [5, 5.41) is 13.2. The first-order chi connectivity index (χ1) is 12.8. The maximum absolute atomic E-state index is 13.3. The lowest BCUT2D eigenvalue weighted by Crippen LogP contribution is -2.28. The van der Waals surface area contributed by atoms with Crippen LogP contribution in [0.15, 0.2) is 42.5 Å². The lowest BCUT2D eigenvalue weighted by atomic mass is 10.1. The molecule has 9 heteroatoms. The van der Waals surface area contributed by atoms with E-state index in [1.165, 1.54) is 23.1 Å². The van der Waals surface area contributed by atoms with E-state index in [4.69, 9.17) is 0 Å². The molecule has 1 N–H and O–H groups in total. The van der Waals surface area contributed by atoms with E-state index in [-0.39, 0.29) is 42.5 Å². The molecule has 0 bridgehead atoms. The zero-order chi connectivity index (χ0) is 19.6. The molecule has 3 amide bonds. The van der Waals surface area contributed by atoms with Crippen LogP contribution < -0.4 is 5.32 Å². The largest absolute Gasteiger partial charge is 0.322 e. The molecule has 0 aliphatic carbocycles. The van der Waals surface area contributed by atoms with Gasteiger partial charge in [0.2, 0.25) is 17.6 Å². The molecule has 1 heterocycles. The molecular formula is C18H14FN3O5. The van der Waals surface area contributed by atoms with Gasteiger partial charge in [0, 0.05) is 30.2 Å². The number of nitrogens with one attached hydrogen (secondary N) is 1. The fourth-order valence-electron chi connectivity index (χ4n) is 2.68. The Bertz CT molecular complexity index is 927. The maximum atomic E-state index is 13.3. The number of imide groups is 1. The number of nitro groups is 1. The highest BCUT2D eigenvalue weighted by Gasteiger charge is 2.28. The van der Waals surface area contributed by atoms with Gasteiger partial charge in [0.05, 0.1) is 11.5 Å². The van der Waals surface area contributed by atoms with Gasteiger partial charge in [0.15, 0.2) is 0 Å². The molecule has 0 saturated carbocycles. The van der Waals surface area contributed by atoms with Crippen LogP contribution in [0.2, 0.25) is 0 Å². The van der Waals surface area contributed by atoms with Crippen LogP contribution in [-0.4, -0.2) is 27.5 Å². The highest BCUT2D eigenvalue weighted by Crippen LogP contribution is 2.22. The van der Waals surface area contributed by atoms with E-state index in [0.717, 1.165) is 12.1 Å². The van der Waals surface area contributed by atoms with E-state index in [9.17, 15) is 28.9 Å². The summed E-state index contributed by atoms with van der Waals surface area (Å²) in [5.41, 5.74) is 0.311. The van der Waals surface area contributed by atoms with E-state index in [2.05, 4.69) is 5.32 Å². The number of benzene rings is 2. The van der Waals surface area contributed by atoms with Crippen molar-refractivity contribution in [1.29, 1.82) is 0 Å². The third-order valence-electron chi connectivity index (χ3n) is 4.11. The monoisotopic (exact) mass is 371 g/mol. The van der Waals surface area contributed by atoms with Gasteiger partial charge in [-0.2, -0.15) is 4.39 Å². The number of halogens is 1. The Morgan fingerprint density at radius 2 is 1.74 bits per heavy atom. The normalized spacial score (nSPS) is 13.7. The molecule has 3 rings (SSSR count). The average Bonchev–Trinajstić information content (AvgIpc) is 2.95. The fraction of sp³-hybridized carbons (Fsp3) is 0.167. The Morgan fingerprint density at radius 1 is 1.11 bits per heavy atom. The van der Waals surface area contributed by atoms with Gasteiger partial charge in [0.25, 0.3) is 5.91 Å². The SMILES string of the molecule is O=C(Nc1ccc(F)c([N+](=O)[O-])c1)c1ccc(CN2C(=O)CCC2=O)cc1. The summed E-state index contributed by atoms with van der Waals surface area (Å²) < 4.78 is 13.3. The van der Waals surface area contributed by atoms with Crippen molar-refractivity contribution in [2.75, 3.05) is 5.32 Å². The molecule has 2 aromatic rings. The second-order valence-corrected chi connectivity index (χ2v) is 5.95. The highest BCUT2D eigenvalue weighted by molar-refractivity contribution is 6.04. The number of amides is 3. The van der Waals surface area contributed by atoms with Crippen LogP contribution in [0.1, 0.15) is 28.8 Å². The maximum Gasteiger partial charge on any atom is 0.306 e. The molecule has 1 aliphatic heterocycles. The highest BCUT2D eigenvalue weighted by atomic mass is 19.1. The molecule has 138 valence electrons. The minimum atomic E-state index is -0.992. The first-order valence-electron chi connectivity index (χ1n) is 8.02. The molecule has 1 fully saturated rings. The molecule has 27 heavy (non-hydrogen) atoms. The number of hydrogen-bond donors (Lipinski definition) is 1. The Labute approximate surface area is 152 Å². The minimum Gasteiger partial charge on any atom is -0.322 e. The van der Waals surface area contributed by atoms with Crippen LogP contribution in [0, 0.1) is 15.9 Å². The zero-order valence-electron chi connectivity index (χ0n) is 14.0. The van der Waals surface area contributed by atoms with E-state index < -0.39 is 22.3 Å². The topological polar surface area (TPSA) is 110 Å². The first-order valence-corrected chi connectivity index (χ1v) is 8.02. The molecular weight excluding hydrogens is 357 g/mol.